The number of carbonyl (C=O) groups excluding carboxylic acids is 5. The van der Waals surface area contributed by atoms with E-state index in [0.29, 0.717) is 54.9 Å². The number of nitrogens with one attached hydrogen (secondary N) is 1. The molecule has 1 saturated heterocycles. The number of ether oxygens (including phenoxy) is 1. The van der Waals surface area contributed by atoms with Crippen molar-refractivity contribution in [2.24, 2.45) is 5.92 Å². The second kappa shape index (κ2) is 10.1. The zero-order valence-electron chi connectivity index (χ0n) is 19.7. The molecule has 4 amide bonds. The van der Waals surface area contributed by atoms with Gasteiger partial charge in [-0.1, -0.05) is 18.2 Å². The van der Waals surface area contributed by atoms with Crippen LogP contribution >= 0.6 is 0 Å². The molecular formula is C26H27N3O6. The highest BCUT2D eigenvalue weighted by Crippen LogP contribution is 2.25. The molecule has 2 aliphatic heterocycles. The van der Waals surface area contributed by atoms with Crippen molar-refractivity contribution in [2.45, 2.75) is 32.7 Å². The highest BCUT2D eigenvalue weighted by Gasteiger charge is 2.40. The molecule has 9 heteroatoms. The molecule has 2 aliphatic rings. The minimum absolute atomic E-state index is 0.138. The number of esters is 1. The standard InChI is InChI=1S/C26H27N3O6/c1-16(29-25(33)21-8-3-4-9-22(21)26(29)34)23(31)27-15-18-10-12-28(13-11-18)24(32)19-6-5-7-20(14-19)35-17(2)30/h3-9,14,16,18H,10-13,15H2,1-2H3,(H,27,31). The third-order valence-corrected chi connectivity index (χ3v) is 6.40. The van der Waals surface area contributed by atoms with Crippen LogP contribution in [0.3, 0.4) is 0 Å². The van der Waals surface area contributed by atoms with Crippen molar-refractivity contribution < 1.29 is 28.7 Å². The Hall–Kier alpha value is -4.01. The zero-order chi connectivity index (χ0) is 25.1. The maximum Gasteiger partial charge on any atom is 0.308 e. The maximum atomic E-state index is 12.8. The summed E-state index contributed by atoms with van der Waals surface area (Å²) in [6.07, 6.45) is 1.41. The van der Waals surface area contributed by atoms with Crippen molar-refractivity contribution in [3.05, 3.63) is 65.2 Å². The monoisotopic (exact) mass is 477 g/mol. The molecule has 0 aromatic heterocycles. The summed E-state index contributed by atoms with van der Waals surface area (Å²) < 4.78 is 5.06. The first-order valence-corrected chi connectivity index (χ1v) is 11.6. The second-order valence-corrected chi connectivity index (χ2v) is 8.80. The number of imide groups is 1. The van der Waals surface area contributed by atoms with E-state index in [1.165, 1.54) is 6.92 Å². The van der Waals surface area contributed by atoms with Gasteiger partial charge in [0.1, 0.15) is 11.8 Å². The summed E-state index contributed by atoms with van der Waals surface area (Å²) in [5, 5.41) is 2.86. The summed E-state index contributed by atoms with van der Waals surface area (Å²) in [6.45, 7) is 4.31. The Kier molecular flexibility index (Phi) is 6.95. The number of hydrogen-bond acceptors (Lipinski definition) is 6. The summed E-state index contributed by atoms with van der Waals surface area (Å²) in [7, 11) is 0. The van der Waals surface area contributed by atoms with E-state index in [4.69, 9.17) is 4.74 Å². The van der Waals surface area contributed by atoms with Crippen LogP contribution in [0.1, 0.15) is 57.8 Å². The molecule has 2 heterocycles. The van der Waals surface area contributed by atoms with E-state index in [-0.39, 0.29) is 17.7 Å². The first-order valence-electron chi connectivity index (χ1n) is 11.6. The van der Waals surface area contributed by atoms with Crippen LogP contribution in [0.4, 0.5) is 0 Å². The van der Waals surface area contributed by atoms with Gasteiger partial charge in [-0.15, -0.1) is 0 Å². The summed E-state index contributed by atoms with van der Waals surface area (Å²) in [5.74, 6) is -1.40. The number of fused-ring (bicyclic) bond motifs is 1. The molecule has 0 saturated carbocycles. The fourth-order valence-corrected chi connectivity index (χ4v) is 4.45. The number of nitrogens with zero attached hydrogens (tertiary/aromatic N) is 2. The summed E-state index contributed by atoms with van der Waals surface area (Å²) >= 11 is 0. The largest absolute Gasteiger partial charge is 0.427 e. The molecule has 2 aromatic rings. The Morgan fingerprint density at radius 2 is 1.63 bits per heavy atom. The van der Waals surface area contributed by atoms with Gasteiger partial charge < -0.3 is 15.0 Å². The van der Waals surface area contributed by atoms with E-state index in [0.717, 1.165) is 4.90 Å². The van der Waals surface area contributed by atoms with Crippen molar-refractivity contribution in [3.8, 4) is 5.75 Å². The lowest BCUT2D eigenvalue weighted by Gasteiger charge is -2.32. The molecular weight excluding hydrogens is 450 g/mol. The van der Waals surface area contributed by atoms with Gasteiger partial charge in [0.05, 0.1) is 11.1 Å². The van der Waals surface area contributed by atoms with Crippen LogP contribution in [0.15, 0.2) is 48.5 Å². The predicted octanol–water partition coefficient (Wildman–Crippen LogP) is 2.26. The molecule has 2 aromatic carbocycles. The first kappa shape index (κ1) is 24.1. The van der Waals surface area contributed by atoms with E-state index in [9.17, 15) is 24.0 Å². The van der Waals surface area contributed by atoms with Gasteiger partial charge in [0.15, 0.2) is 0 Å². The normalized spacial score (nSPS) is 16.6. The van der Waals surface area contributed by atoms with E-state index < -0.39 is 23.8 Å². The quantitative estimate of drug-likeness (QED) is 0.388. The Labute approximate surface area is 203 Å². The molecule has 1 unspecified atom stereocenters. The van der Waals surface area contributed by atoms with Gasteiger partial charge in [0.25, 0.3) is 17.7 Å². The van der Waals surface area contributed by atoms with Gasteiger partial charge in [-0.05, 0) is 56.0 Å². The van der Waals surface area contributed by atoms with Crippen molar-refractivity contribution in [2.75, 3.05) is 19.6 Å². The number of benzene rings is 2. The first-order chi connectivity index (χ1) is 16.8. The van der Waals surface area contributed by atoms with Crippen molar-refractivity contribution >= 4 is 29.6 Å². The molecule has 182 valence electrons. The summed E-state index contributed by atoms with van der Waals surface area (Å²) in [4.78, 5) is 64.7. The molecule has 4 rings (SSSR count). The zero-order valence-corrected chi connectivity index (χ0v) is 19.7. The average Bonchev–Trinajstić information content (AvgIpc) is 3.11. The molecule has 9 nitrogen and oxygen atoms in total. The summed E-state index contributed by atoms with van der Waals surface area (Å²) in [6, 6.07) is 12.1. The van der Waals surface area contributed by atoms with E-state index >= 15 is 0 Å². The lowest BCUT2D eigenvalue weighted by atomic mass is 9.96. The number of likely N-dealkylation sites (tertiary alicyclic amines) is 1. The minimum atomic E-state index is -0.923. The lowest BCUT2D eigenvalue weighted by molar-refractivity contribution is -0.132. The Bertz CT molecular complexity index is 1150. The lowest BCUT2D eigenvalue weighted by Crippen LogP contribution is -2.49. The number of hydrogen-bond donors (Lipinski definition) is 1. The number of piperidine rings is 1. The Morgan fingerprint density at radius 1 is 1.00 bits per heavy atom. The highest BCUT2D eigenvalue weighted by molar-refractivity contribution is 6.22. The molecule has 0 aliphatic carbocycles. The molecule has 0 radical (unpaired) electrons. The van der Waals surface area contributed by atoms with Crippen LogP contribution in [0, 0.1) is 5.92 Å². The second-order valence-electron chi connectivity index (χ2n) is 8.80. The molecule has 1 atom stereocenters. The van der Waals surface area contributed by atoms with E-state index in [2.05, 4.69) is 5.32 Å². The molecule has 35 heavy (non-hydrogen) atoms. The fraction of sp³-hybridized carbons (Fsp3) is 0.346. The molecule has 0 bridgehead atoms. The van der Waals surface area contributed by atoms with E-state index in [1.54, 1.807) is 60.4 Å². The number of amides is 4. The topological polar surface area (TPSA) is 113 Å². The van der Waals surface area contributed by atoms with Crippen LogP contribution < -0.4 is 10.1 Å². The SMILES string of the molecule is CC(=O)Oc1cccc(C(=O)N2CCC(CNC(=O)C(C)N3C(=O)c4ccccc4C3=O)CC2)c1. The van der Waals surface area contributed by atoms with Crippen LogP contribution in [-0.4, -0.2) is 65.1 Å². The van der Waals surface area contributed by atoms with Gasteiger partial charge in [-0.3, -0.25) is 28.9 Å². The van der Waals surface area contributed by atoms with Gasteiger partial charge in [0, 0.05) is 32.1 Å². The van der Waals surface area contributed by atoms with Gasteiger partial charge in [-0.25, -0.2) is 0 Å². The fourth-order valence-electron chi connectivity index (χ4n) is 4.45. The average molecular weight is 478 g/mol. The van der Waals surface area contributed by atoms with Crippen LogP contribution in [0.25, 0.3) is 0 Å². The number of rotatable bonds is 6. The molecule has 1 N–H and O–H groups in total. The van der Waals surface area contributed by atoms with Gasteiger partial charge in [-0.2, -0.15) is 0 Å². The Morgan fingerprint density at radius 3 is 2.23 bits per heavy atom. The van der Waals surface area contributed by atoms with Crippen molar-refractivity contribution in [1.29, 1.82) is 0 Å². The van der Waals surface area contributed by atoms with Gasteiger partial charge >= 0.3 is 5.97 Å². The van der Waals surface area contributed by atoms with Crippen LogP contribution in [0.2, 0.25) is 0 Å². The third kappa shape index (κ3) is 5.08. The summed E-state index contributed by atoms with van der Waals surface area (Å²) in [5.41, 5.74) is 1.07. The van der Waals surface area contributed by atoms with Crippen LogP contribution in [0.5, 0.6) is 5.75 Å². The third-order valence-electron chi connectivity index (χ3n) is 6.40. The van der Waals surface area contributed by atoms with Gasteiger partial charge in [0.2, 0.25) is 5.91 Å². The molecule has 0 spiro atoms. The van der Waals surface area contributed by atoms with E-state index in [1.807, 2.05) is 0 Å². The molecule has 1 fully saturated rings. The minimum Gasteiger partial charge on any atom is -0.427 e. The van der Waals surface area contributed by atoms with Crippen molar-refractivity contribution in [3.63, 3.8) is 0 Å². The highest BCUT2D eigenvalue weighted by atomic mass is 16.5. The van der Waals surface area contributed by atoms with Crippen molar-refractivity contribution in [1.82, 2.24) is 15.1 Å². The number of carbonyl (C=O) groups is 5. The smallest absolute Gasteiger partial charge is 0.308 e. The predicted molar refractivity (Wildman–Crippen MR) is 126 cm³/mol. The maximum absolute atomic E-state index is 12.8. The Balaban J connectivity index is 1.27. The van der Waals surface area contributed by atoms with Crippen LogP contribution in [-0.2, 0) is 9.59 Å².